The molecule has 0 aliphatic rings. The summed E-state index contributed by atoms with van der Waals surface area (Å²) in [6.45, 7) is 5.67. The van der Waals surface area contributed by atoms with E-state index in [0.29, 0.717) is 0 Å². The summed E-state index contributed by atoms with van der Waals surface area (Å²) in [6, 6.07) is 0. The number of carbonyl (C=O) groups is 1. The van der Waals surface area contributed by atoms with Crippen LogP contribution in [0.5, 0.6) is 0 Å². The third kappa shape index (κ3) is 2.54. The molecule has 0 saturated heterocycles. The molecule has 0 fully saturated rings. The second kappa shape index (κ2) is 5.71. The number of nitro groups is 1. The zero-order chi connectivity index (χ0) is 17.6. The van der Waals surface area contributed by atoms with E-state index in [-0.39, 0.29) is 23.6 Å². The number of aromatic amines is 1. The number of thiazole rings is 1. The summed E-state index contributed by atoms with van der Waals surface area (Å²) in [5, 5.41) is 17.4. The van der Waals surface area contributed by atoms with Crippen molar-refractivity contribution in [1.29, 1.82) is 0 Å². The van der Waals surface area contributed by atoms with Gasteiger partial charge < -0.3 is 4.90 Å². The Morgan fingerprint density at radius 1 is 1.46 bits per heavy atom. The summed E-state index contributed by atoms with van der Waals surface area (Å²) in [5.41, 5.74) is 1.50. The second-order valence-electron chi connectivity index (χ2n) is 5.60. The van der Waals surface area contributed by atoms with Crippen molar-refractivity contribution in [3.63, 3.8) is 0 Å². The molecule has 0 aliphatic heterocycles. The van der Waals surface area contributed by atoms with Crippen LogP contribution in [0.15, 0.2) is 6.20 Å². The number of nitrogens with one attached hydrogen (secondary N) is 1. The number of imidazole rings is 1. The molecule has 1 N–H and O–H groups in total. The van der Waals surface area contributed by atoms with Gasteiger partial charge >= 0.3 is 5.69 Å². The van der Waals surface area contributed by atoms with Crippen molar-refractivity contribution in [1.82, 2.24) is 24.5 Å². The molecule has 0 aliphatic carbocycles. The minimum Gasteiger partial charge on any atom is -0.334 e. The predicted octanol–water partition coefficient (Wildman–Crippen LogP) is 2.22. The molecule has 0 unspecified atom stereocenters. The molecule has 126 valence electrons. The van der Waals surface area contributed by atoms with Crippen molar-refractivity contribution in [3.05, 3.63) is 44.0 Å². The smallest absolute Gasteiger partial charge is 0.322 e. The van der Waals surface area contributed by atoms with Crippen LogP contribution in [0, 0.1) is 30.9 Å². The minimum absolute atomic E-state index is 0.181. The highest BCUT2D eigenvalue weighted by molar-refractivity contribution is 7.17. The third-order valence-corrected chi connectivity index (χ3v) is 4.67. The van der Waals surface area contributed by atoms with Gasteiger partial charge in [0.05, 0.1) is 22.9 Å². The van der Waals surface area contributed by atoms with Gasteiger partial charge in [-0.25, -0.2) is 4.98 Å². The van der Waals surface area contributed by atoms with Crippen LogP contribution >= 0.6 is 11.3 Å². The summed E-state index contributed by atoms with van der Waals surface area (Å²) in [4.78, 5) is 31.0. The Morgan fingerprint density at radius 3 is 2.83 bits per heavy atom. The Hall–Kier alpha value is -2.75. The molecule has 10 heteroatoms. The summed E-state index contributed by atoms with van der Waals surface area (Å²) in [5.74, 6) is -0.507. The molecular weight excluding hydrogens is 332 g/mol. The van der Waals surface area contributed by atoms with Crippen LogP contribution in [0.1, 0.15) is 32.4 Å². The molecule has 0 spiro atoms. The van der Waals surface area contributed by atoms with Gasteiger partial charge in [0.2, 0.25) is 5.69 Å². The van der Waals surface area contributed by atoms with Crippen LogP contribution in [0.3, 0.4) is 0 Å². The molecule has 0 bridgehead atoms. The maximum absolute atomic E-state index is 12.6. The normalized spacial score (nSPS) is 11.2. The number of hydrogen-bond donors (Lipinski definition) is 1. The molecule has 3 rings (SSSR count). The first kappa shape index (κ1) is 16.1. The van der Waals surface area contributed by atoms with Crippen LogP contribution in [0.25, 0.3) is 4.96 Å². The Kier molecular flexibility index (Phi) is 3.84. The number of amides is 1. The molecule has 0 aromatic carbocycles. The van der Waals surface area contributed by atoms with Gasteiger partial charge in [0, 0.05) is 18.1 Å². The number of aryl methyl sites for hydroxylation is 3. The predicted molar refractivity (Wildman–Crippen MR) is 88.3 cm³/mol. The number of hydrogen-bond acceptors (Lipinski definition) is 6. The third-order valence-electron chi connectivity index (χ3n) is 3.77. The largest absolute Gasteiger partial charge is 0.334 e. The van der Waals surface area contributed by atoms with Crippen molar-refractivity contribution in [2.75, 3.05) is 7.05 Å². The van der Waals surface area contributed by atoms with Crippen LogP contribution in [0.2, 0.25) is 0 Å². The standard InChI is InChI=1S/C14H16N6O3S/c1-7-5-19-10(8(2)15-14(19)24-7)6-18(4)13(21)11-12(20(22)23)9(3)16-17-11/h5H,6H2,1-4H3,(H,16,17). The van der Waals surface area contributed by atoms with Gasteiger partial charge in [-0.1, -0.05) is 0 Å². The Balaban J connectivity index is 1.91. The van der Waals surface area contributed by atoms with Crippen molar-refractivity contribution >= 4 is 27.9 Å². The summed E-state index contributed by atoms with van der Waals surface area (Å²) < 4.78 is 1.95. The number of fused-ring (bicyclic) bond motifs is 1. The highest BCUT2D eigenvalue weighted by atomic mass is 32.1. The zero-order valence-electron chi connectivity index (χ0n) is 13.7. The van der Waals surface area contributed by atoms with Crippen LogP contribution in [-0.2, 0) is 6.54 Å². The lowest BCUT2D eigenvalue weighted by Gasteiger charge is -2.15. The van der Waals surface area contributed by atoms with Gasteiger partial charge in [0.15, 0.2) is 4.96 Å². The van der Waals surface area contributed by atoms with Gasteiger partial charge in [0.1, 0.15) is 5.69 Å². The summed E-state index contributed by atoms with van der Waals surface area (Å²) >= 11 is 1.57. The highest BCUT2D eigenvalue weighted by Gasteiger charge is 2.29. The number of aromatic nitrogens is 4. The average molecular weight is 348 g/mol. The van der Waals surface area contributed by atoms with E-state index >= 15 is 0 Å². The van der Waals surface area contributed by atoms with Gasteiger partial charge in [-0.2, -0.15) is 5.10 Å². The lowest BCUT2D eigenvalue weighted by Crippen LogP contribution is -2.28. The van der Waals surface area contributed by atoms with Crippen molar-refractivity contribution in [2.45, 2.75) is 27.3 Å². The molecule has 3 aromatic heterocycles. The van der Waals surface area contributed by atoms with Crippen molar-refractivity contribution in [3.8, 4) is 0 Å². The molecule has 24 heavy (non-hydrogen) atoms. The molecule has 0 radical (unpaired) electrons. The maximum Gasteiger partial charge on any atom is 0.322 e. The fourth-order valence-corrected chi connectivity index (χ4v) is 3.46. The Bertz CT molecular complexity index is 953. The van der Waals surface area contributed by atoms with E-state index < -0.39 is 10.8 Å². The molecule has 9 nitrogen and oxygen atoms in total. The average Bonchev–Trinajstić information content (AvgIpc) is 3.13. The summed E-state index contributed by atoms with van der Waals surface area (Å²) in [6.07, 6.45) is 1.97. The van der Waals surface area contributed by atoms with E-state index in [1.807, 2.05) is 24.4 Å². The number of H-pyrrole nitrogens is 1. The van der Waals surface area contributed by atoms with E-state index in [1.165, 1.54) is 11.8 Å². The molecule has 0 saturated carbocycles. The monoisotopic (exact) mass is 348 g/mol. The Labute approximate surface area is 141 Å². The maximum atomic E-state index is 12.6. The van der Waals surface area contributed by atoms with E-state index in [4.69, 9.17) is 0 Å². The zero-order valence-corrected chi connectivity index (χ0v) is 14.5. The first-order valence-electron chi connectivity index (χ1n) is 7.18. The van der Waals surface area contributed by atoms with Gasteiger partial charge in [0.25, 0.3) is 5.91 Å². The van der Waals surface area contributed by atoms with Gasteiger partial charge in [-0.3, -0.25) is 24.4 Å². The van der Waals surface area contributed by atoms with Crippen molar-refractivity contribution < 1.29 is 9.72 Å². The fourth-order valence-electron chi connectivity index (χ4n) is 2.57. The van der Waals surface area contributed by atoms with Crippen LogP contribution < -0.4 is 0 Å². The lowest BCUT2D eigenvalue weighted by atomic mass is 10.2. The number of rotatable bonds is 4. The van der Waals surface area contributed by atoms with E-state index in [9.17, 15) is 14.9 Å². The minimum atomic E-state index is -0.593. The van der Waals surface area contributed by atoms with E-state index in [1.54, 1.807) is 18.4 Å². The van der Waals surface area contributed by atoms with Gasteiger partial charge in [-0.15, -0.1) is 11.3 Å². The second-order valence-corrected chi connectivity index (χ2v) is 6.82. The van der Waals surface area contributed by atoms with E-state index in [0.717, 1.165) is 21.2 Å². The number of nitrogens with zero attached hydrogens (tertiary/aromatic N) is 5. The van der Waals surface area contributed by atoms with Gasteiger partial charge in [-0.05, 0) is 20.8 Å². The molecule has 0 atom stereocenters. The quantitative estimate of drug-likeness (QED) is 0.574. The Morgan fingerprint density at radius 2 is 2.17 bits per heavy atom. The lowest BCUT2D eigenvalue weighted by molar-refractivity contribution is -0.385. The summed E-state index contributed by atoms with van der Waals surface area (Å²) in [7, 11) is 1.59. The van der Waals surface area contributed by atoms with E-state index in [2.05, 4.69) is 15.2 Å². The van der Waals surface area contributed by atoms with Crippen LogP contribution in [0.4, 0.5) is 5.69 Å². The molecular formula is C14H16N6O3S. The topological polar surface area (TPSA) is 109 Å². The highest BCUT2D eigenvalue weighted by Crippen LogP contribution is 2.24. The SMILES string of the molecule is Cc1cn2c(CN(C)C(=O)c3n[nH]c(C)c3[N+](=O)[O-])c(C)nc2s1. The fraction of sp³-hybridized carbons (Fsp3) is 0.357. The molecule has 3 heterocycles. The number of carbonyl (C=O) groups excluding carboxylic acids is 1. The first-order chi connectivity index (χ1) is 11.3. The van der Waals surface area contributed by atoms with Crippen molar-refractivity contribution in [2.24, 2.45) is 0 Å². The van der Waals surface area contributed by atoms with Crippen LogP contribution in [-0.4, -0.2) is 42.4 Å². The first-order valence-corrected chi connectivity index (χ1v) is 8.00. The molecule has 3 aromatic rings. The molecule has 1 amide bonds.